The molecule has 10 rings (SSSR count). The number of hydrogen-bond donors (Lipinski definition) is 0. The first-order chi connectivity index (χ1) is 23.7. The zero-order valence-electron chi connectivity index (χ0n) is 25.6. The number of oxazole rings is 1. The third kappa shape index (κ3) is 4.29. The molecule has 10 aromatic rings. The van der Waals surface area contributed by atoms with Gasteiger partial charge in [-0.3, -0.25) is 0 Å². The van der Waals surface area contributed by atoms with Crippen molar-refractivity contribution in [2.24, 2.45) is 0 Å². The lowest BCUT2D eigenvalue weighted by Gasteiger charge is -2.25. The molecule has 0 aliphatic rings. The predicted octanol–water partition coefficient (Wildman–Crippen LogP) is 12.4. The van der Waals surface area contributed by atoms with E-state index in [4.69, 9.17) is 18.2 Å². The number of anilines is 3. The monoisotopic (exact) mass is 618 g/mol. The van der Waals surface area contributed by atoms with Crippen LogP contribution in [0.25, 0.3) is 77.6 Å². The van der Waals surface area contributed by atoms with Crippen molar-refractivity contribution >= 4 is 72.0 Å². The normalized spacial score (nSPS) is 11.8. The zero-order chi connectivity index (χ0) is 31.6. The van der Waals surface area contributed by atoms with Crippen LogP contribution in [0.4, 0.5) is 17.1 Å². The summed E-state index contributed by atoms with van der Waals surface area (Å²) in [6.45, 7) is 0. The van der Waals surface area contributed by atoms with Crippen molar-refractivity contribution in [2.75, 3.05) is 4.90 Å². The molecule has 3 aromatic heterocycles. The van der Waals surface area contributed by atoms with Crippen LogP contribution < -0.4 is 4.90 Å². The Morgan fingerprint density at radius 2 is 0.979 bits per heavy atom. The molecule has 0 N–H and O–H groups in total. The Bertz CT molecular complexity index is 2770. The number of rotatable bonds is 5. The highest BCUT2D eigenvalue weighted by molar-refractivity contribution is 6.10. The van der Waals surface area contributed by atoms with E-state index in [1.54, 1.807) is 0 Å². The van der Waals surface area contributed by atoms with Crippen molar-refractivity contribution in [3.63, 3.8) is 0 Å². The summed E-state index contributed by atoms with van der Waals surface area (Å²) in [7, 11) is 0. The number of fused-ring (bicyclic) bond motifs is 7. The fraction of sp³-hybridized carbons (Fsp3) is 0. The van der Waals surface area contributed by atoms with Crippen LogP contribution in [0.1, 0.15) is 0 Å². The molecule has 226 valence electrons. The average molecular weight is 619 g/mol. The average Bonchev–Trinajstić information content (AvgIpc) is 3.84. The van der Waals surface area contributed by atoms with Gasteiger partial charge in [0.15, 0.2) is 5.58 Å². The maximum absolute atomic E-state index is 6.26. The van der Waals surface area contributed by atoms with Crippen molar-refractivity contribution in [1.29, 1.82) is 0 Å². The summed E-state index contributed by atoms with van der Waals surface area (Å²) in [6.07, 6.45) is 0. The number of furan rings is 2. The maximum Gasteiger partial charge on any atom is 0.227 e. The first-order valence-corrected chi connectivity index (χ1v) is 15.9. The summed E-state index contributed by atoms with van der Waals surface area (Å²) in [5.74, 6) is 0.602. The summed E-state index contributed by atoms with van der Waals surface area (Å²) in [6, 6.07) is 54.1. The van der Waals surface area contributed by atoms with Crippen LogP contribution in [0.3, 0.4) is 0 Å². The molecule has 0 fully saturated rings. The van der Waals surface area contributed by atoms with Gasteiger partial charge in [0.25, 0.3) is 0 Å². The summed E-state index contributed by atoms with van der Waals surface area (Å²) < 4.78 is 18.6. The van der Waals surface area contributed by atoms with E-state index < -0.39 is 0 Å². The van der Waals surface area contributed by atoms with Gasteiger partial charge in [-0.1, -0.05) is 72.8 Å². The third-order valence-electron chi connectivity index (χ3n) is 9.09. The molecule has 0 amide bonds. The first kappa shape index (κ1) is 26.6. The van der Waals surface area contributed by atoms with E-state index in [0.717, 1.165) is 83.1 Å². The van der Waals surface area contributed by atoms with Crippen LogP contribution >= 0.6 is 0 Å². The van der Waals surface area contributed by atoms with E-state index in [0.29, 0.717) is 11.5 Å². The summed E-state index contributed by atoms with van der Waals surface area (Å²) in [5, 5.41) is 4.29. The Balaban J connectivity index is 1.03. The molecule has 0 saturated heterocycles. The molecular weight excluding hydrogens is 592 g/mol. The van der Waals surface area contributed by atoms with Gasteiger partial charge >= 0.3 is 0 Å². The van der Waals surface area contributed by atoms with Gasteiger partial charge in [0.1, 0.15) is 27.8 Å². The second-order valence-corrected chi connectivity index (χ2v) is 12.0. The minimum Gasteiger partial charge on any atom is -0.456 e. The number of nitrogens with zero attached hydrogens (tertiary/aromatic N) is 2. The van der Waals surface area contributed by atoms with Crippen LogP contribution in [0.5, 0.6) is 0 Å². The Morgan fingerprint density at radius 1 is 0.354 bits per heavy atom. The third-order valence-corrected chi connectivity index (χ3v) is 9.09. The number of benzene rings is 7. The van der Waals surface area contributed by atoms with Crippen LogP contribution in [0.15, 0.2) is 171 Å². The van der Waals surface area contributed by atoms with Crippen molar-refractivity contribution in [2.45, 2.75) is 0 Å². The molecule has 3 heterocycles. The molecule has 0 aliphatic heterocycles. The van der Waals surface area contributed by atoms with Crippen LogP contribution in [-0.4, -0.2) is 4.98 Å². The molecule has 5 nitrogen and oxygen atoms in total. The Hall–Kier alpha value is -6.59. The van der Waals surface area contributed by atoms with E-state index in [1.807, 2.05) is 66.7 Å². The predicted molar refractivity (Wildman–Crippen MR) is 194 cm³/mol. The zero-order valence-corrected chi connectivity index (χ0v) is 25.6. The minimum absolute atomic E-state index is 0.602. The van der Waals surface area contributed by atoms with Crippen molar-refractivity contribution in [3.8, 4) is 22.6 Å². The Kier molecular flexibility index (Phi) is 5.81. The molecule has 0 radical (unpaired) electrons. The van der Waals surface area contributed by atoms with Gasteiger partial charge in [-0.05, 0) is 83.9 Å². The molecule has 0 bridgehead atoms. The fourth-order valence-electron chi connectivity index (χ4n) is 6.76. The second kappa shape index (κ2) is 10.5. The fourth-order valence-corrected chi connectivity index (χ4v) is 6.76. The molecule has 0 spiro atoms. The van der Waals surface area contributed by atoms with Gasteiger partial charge in [-0.2, -0.15) is 0 Å². The quantitative estimate of drug-likeness (QED) is 0.192. The first-order valence-electron chi connectivity index (χ1n) is 15.9. The van der Waals surface area contributed by atoms with Gasteiger partial charge in [0, 0.05) is 56.3 Å². The van der Waals surface area contributed by atoms with Crippen molar-refractivity contribution in [3.05, 3.63) is 158 Å². The SMILES string of the molecule is c1ccc(-c2nc3cc4c(cc3o2)oc2ccc(-c3ccc(N(c5ccccc5)c5ccc6c(c5)oc5ccccc56)cc3)cc24)cc1. The molecule has 7 aromatic carbocycles. The van der Waals surface area contributed by atoms with Crippen LogP contribution in [0.2, 0.25) is 0 Å². The lowest BCUT2D eigenvalue weighted by atomic mass is 10.0. The topological polar surface area (TPSA) is 55.6 Å². The largest absolute Gasteiger partial charge is 0.456 e. The van der Waals surface area contributed by atoms with Crippen LogP contribution in [0, 0.1) is 0 Å². The molecule has 0 unspecified atom stereocenters. The lowest BCUT2D eigenvalue weighted by Crippen LogP contribution is -2.09. The maximum atomic E-state index is 6.26. The second-order valence-electron chi connectivity index (χ2n) is 12.0. The molecule has 0 atom stereocenters. The van der Waals surface area contributed by atoms with E-state index in [9.17, 15) is 0 Å². The van der Waals surface area contributed by atoms with E-state index >= 15 is 0 Å². The van der Waals surface area contributed by atoms with Crippen LogP contribution in [-0.2, 0) is 0 Å². The van der Waals surface area contributed by atoms with Gasteiger partial charge in [0.2, 0.25) is 5.89 Å². The molecule has 48 heavy (non-hydrogen) atoms. The number of para-hydroxylation sites is 2. The lowest BCUT2D eigenvalue weighted by molar-refractivity contribution is 0.617. The Morgan fingerprint density at radius 3 is 1.81 bits per heavy atom. The summed E-state index contributed by atoms with van der Waals surface area (Å²) in [5.41, 5.74) is 11.2. The molecular formula is C43H26N2O3. The van der Waals surface area contributed by atoms with Gasteiger partial charge in [0.05, 0.1) is 0 Å². The van der Waals surface area contributed by atoms with Gasteiger partial charge in [-0.25, -0.2) is 4.98 Å². The molecule has 0 saturated carbocycles. The molecule has 0 aliphatic carbocycles. The minimum atomic E-state index is 0.602. The van der Waals surface area contributed by atoms with Crippen molar-refractivity contribution in [1.82, 2.24) is 4.98 Å². The highest BCUT2D eigenvalue weighted by Crippen LogP contribution is 2.40. The Labute approximate surface area is 274 Å². The number of aromatic nitrogens is 1. The highest BCUT2D eigenvalue weighted by Gasteiger charge is 2.17. The van der Waals surface area contributed by atoms with Crippen molar-refractivity contribution < 1.29 is 13.3 Å². The van der Waals surface area contributed by atoms with E-state index in [1.165, 1.54) is 0 Å². The van der Waals surface area contributed by atoms with Gasteiger partial charge in [-0.15, -0.1) is 0 Å². The summed E-state index contributed by atoms with van der Waals surface area (Å²) >= 11 is 0. The standard InChI is InChI=1S/C43H26N2O3/c1-3-9-28(10-4-1)43-44-37-25-36-35-23-29(17-22-39(35)47-41(36)26-42(37)48-43)27-15-18-31(19-16-27)45(30-11-5-2-6-12-30)32-20-21-34-33-13-7-8-14-38(33)46-40(34)24-32/h1-26H. The van der Waals surface area contributed by atoms with E-state index in [-0.39, 0.29) is 0 Å². The highest BCUT2D eigenvalue weighted by atomic mass is 16.4. The number of hydrogen-bond acceptors (Lipinski definition) is 5. The smallest absolute Gasteiger partial charge is 0.227 e. The molecule has 5 heteroatoms. The van der Waals surface area contributed by atoms with Gasteiger partial charge < -0.3 is 18.2 Å². The summed E-state index contributed by atoms with van der Waals surface area (Å²) in [4.78, 5) is 7.04. The van der Waals surface area contributed by atoms with E-state index in [2.05, 4.69) is 95.9 Å².